The van der Waals surface area contributed by atoms with Crippen molar-refractivity contribution in [2.75, 3.05) is 5.73 Å². The summed E-state index contributed by atoms with van der Waals surface area (Å²) in [7, 11) is 0. The summed E-state index contributed by atoms with van der Waals surface area (Å²) in [6, 6.07) is 3.92. The molecule has 0 atom stereocenters. The molecule has 3 rings (SSSR count). The Hall–Kier alpha value is -2.08. The van der Waals surface area contributed by atoms with Crippen molar-refractivity contribution in [1.82, 2.24) is 14.7 Å². The van der Waals surface area contributed by atoms with E-state index >= 15 is 0 Å². The number of nitrogens with zero attached hydrogens (tertiary/aromatic N) is 2. The zero-order chi connectivity index (χ0) is 13.4. The smallest absolute Gasteiger partial charge is 0.356 e. The van der Waals surface area contributed by atoms with Gasteiger partial charge in [-0.15, -0.1) is 0 Å². The number of carboxylic acids is 1. The third kappa shape index (κ3) is 2.15. The third-order valence-corrected chi connectivity index (χ3v) is 3.60. The van der Waals surface area contributed by atoms with E-state index in [-0.39, 0.29) is 5.69 Å². The van der Waals surface area contributed by atoms with Gasteiger partial charge in [-0.25, -0.2) is 9.78 Å². The molecule has 2 heterocycles. The van der Waals surface area contributed by atoms with Crippen LogP contribution >= 0.6 is 0 Å². The van der Waals surface area contributed by atoms with Gasteiger partial charge < -0.3 is 20.6 Å². The molecule has 0 unspecified atom stereocenters. The van der Waals surface area contributed by atoms with Gasteiger partial charge in [0.15, 0.2) is 5.69 Å². The first kappa shape index (κ1) is 12.0. The molecule has 2 aromatic heterocycles. The Labute approximate surface area is 110 Å². The summed E-state index contributed by atoms with van der Waals surface area (Å²) in [5, 5.41) is 12.6. The van der Waals surface area contributed by atoms with Crippen molar-refractivity contribution in [2.45, 2.75) is 31.8 Å². The molecule has 0 aromatic carbocycles. The predicted octanol–water partition coefficient (Wildman–Crippen LogP) is 1.26. The highest BCUT2D eigenvalue weighted by molar-refractivity contribution is 5.94. The van der Waals surface area contributed by atoms with E-state index in [4.69, 9.17) is 5.73 Å². The number of nitrogens with one attached hydrogen (secondary N) is 1. The number of carbonyl (C=O) groups is 1. The quantitative estimate of drug-likeness (QED) is 0.769. The monoisotopic (exact) mass is 260 g/mol. The average Bonchev–Trinajstić information content (AvgIpc) is 2.65. The van der Waals surface area contributed by atoms with Crippen LogP contribution in [0, 0.1) is 0 Å². The average molecular weight is 260 g/mol. The van der Waals surface area contributed by atoms with Crippen LogP contribution in [0.2, 0.25) is 0 Å². The van der Waals surface area contributed by atoms with E-state index in [2.05, 4.69) is 10.3 Å². The lowest BCUT2D eigenvalue weighted by molar-refractivity contribution is 0.0693. The Balaban J connectivity index is 1.96. The van der Waals surface area contributed by atoms with E-state index in [1.54, 1.807) is 22.7 Å². The van der Waals surface area contributed by atoms with Crippen LogP contribution in [0.4, 0.5) is 5.69 Å². The van der Waals surface area contributed by atoms with E-state index in [1.165, 1.54) is 19.3 Å². The lowest BCUT2D eigenvalue weighted by atomic mass is 9.93. The maximum Gasteiger partial charge on any atom is 0.356 e. The van der Waals surface area contributed by atoms with E-state index in [1.807, 2.05) is 0 Å². The van der Waals surface area contributed by atoms with Crippen molar-refractivity contribution in [3.63, 3.8) is 0 Å². The van der Waals surface area contributed by atoms with E-state index in [0.29, 0.717) is 29.6 Å². The van der Waals surface area contributed by atoms with Gasteiger partial charge in [-0.3, -0.25) is 0 Å². The summed E-state index contributed by atoms with van der Waals surface area (Å²) < 4.78 is 1.78. The first-order valence-corrected chi connectivity index (χ1v) is 6.38. The molecule has 1 aliphatic carbocycles. The number of imidazole rings is 1. The number of carboxylic acid groups (broad SMARTS) is 1. The van der Waals surface area contributed by atoms with Crippen molar-refractivity contribution in [3.05, 3.63) is 29.8 Å². The topological polar surface area (TPSA) is 92.7 Å². The van der Waals surface area contributed by atoms with Crippen LogP contribution in [0.5, 0.6) is 0 Å². The summed E-state index contributed by atoms with van der Waals surface area (Å²) in [6.45, 7) is 0.572. The third-order valence-electron chi connectivity index (χ3n) is 3.60. The number of hydrogen-bond acceptors (Lipinski definition) is 4. The van der Waals surface area contributed by atoms with Crippen LogP contribution in [0.15, 0.2) is 18.3 Å². The fourth-order valence-corrected chi connectivity index (χ4v) is 2.29. The predicted molar refractivity (Wildman–Crippen MR) is 71.0 cm³/mol. The largest absolute Gasteiger partial charge is 0.476 e. The normalized spacial score (nSPS) is 15.6. The highest BCUT2D eigenvalue weighted by Gasteiger charge is 2.20. The summed E-state index contributed by atoms with van der Waals surface area (Å²) in [4.78, 5) is 15.4. The molecule has 0 amide bonds. The lowest BCUT2D eigenvalue weighted by Gasteiger charge is -2.26. The summed E-state index contributed by atoms with van der Waals surface area (Å²) in [5.41, 5.74) is 6.83. The van der Waals surface area contributed by atoms with Crippen molar-refractivity contribution in [3.8, 4) is 0 Å². The molecular weight excluding hydrogens is 244 g/mol. The summed E-state index contributed by atoms with van der Waals surface area (Å²) in [5.74, 6) is -0.322. The number of aromatic nitrogens is 2. The van der Waals surface area contributed by atoms with Gasteiger partial charge >= 0.3 is 5.97 Å². The molecule has 0 saturated heterocycles. The second kappa shape index (κ2) is 4.55. The number of rotatable bonds is 4. The second-order valence-corrected chi connectivity index (χ2v) is 4.91. The molecule has 1 aliphatic rings. The van der Waals surface area contributed by atoms with Crippen LogP contribution in [0.3, 0.4) is 0 Å². The Morgan fingerprint density at radius 1 is 1.58 bits per heavy atom. The lowest BCUT2D eigenvalue weighted by Crippen LogP contribution is -2.35. The van der Waals surface area contributed by atoms with Crippen LogP contribution in [0.25, 0.3) is 5.52 Å². The highest BCUT2D eigenvalue weighted by Crippen LogP contribution is 2.20. The Morgan fingerprint density at radius 2 is 2.37 bits per heavy atom. The molecular formula is C13H16N4O2. The van der Waals surface area contributed by atoms with Gasteiger partial charge in [0.1, 0.15) is 5.82 Å². The van der Waals surface area contributed by atoms with Gasteiger partial charge in [-0.2, -0.15) is 0 Å². The Morgan fingerprint density at radius 3 is 3.00 bits per heavy atom. The number of aromatic carboxylic acids is 1. The SMILES string of the molecule is Nc1ccn2c(CNC3CCC3)nc(C(=O)O)c2c1. The first-order chi connectivity index (χ1) is 9.15. The fraction of sp³-hybridized carbons (Fsp3) is 0.385. The van der Waals surface area contributed by atoms with Crippen molar-refractivity contribution >= 4 is 17.2 Å². The van der Waals surface area contributed by atoms with Crippen molar-refractivity contribution in [1.29, 1.82) is 0 Å². The zero-order valence-corrected chi connectivity index (χ0v) is 10.5. The molecule has 100 valence electrons. The Bertz CT molecular complexity index is 631. The molecule has 19 heavy (non-hydrogen) atoms. The minimum absolute atomic E-state index is 0.0534. The summed E-state index contributed by atoms with van der Waals surface area (Å²) in [6.07, 6.45) is 5.39. The Kier molecular flexibility index (Phi) is 2.87. The molecule has 2 aromatic rings. The molecule has 6 heteroatoms. The number of nitrogen functional groups attached to an aromatic ring is 1. The number of hydrogen-bond donors (Lipinski definition) is 3. The number of fused-ring (bicyclic) bond motifs is 1. The maximum atomic E-state index is 11.2. The molecule has 0 radical (unpaired) electrons. The van der Waals surface area contributed by atoms with E-state index in [0.717, 1.165) is 0 Å². The van der Waals surface area contributed by atoms with Gasteiger partial charge in [0, 0.05) is 17.9 Å². The number of anilines is 1. The van der Waals surface area contributed by atoms with Crippen LogP contribution in [0.1, 0.15) is 35.6 Å². The molecule has 1 saturated carbocycles. The fourth-order valence-electron chi connectivity index (χ4n) is 2.29. The van der Waals surface area contributed by atoms with Gasteiger partial charge in [-0.1, -0.05) is 6.42 Å². The number of pyridine rings is 1. The first-order valence-electron chi connectivity index (χ1n) is 6.38. The van der Waals surface area contributed by atoms with Gasteiger partial charge in [0.25, 0.3) is 0 Å². The molecule has 4 N–H and O–H groups in total. The van der Waals surface area contributed by atoms with Crippen LogP contribution in [-0.4, -0.2) is 26.5 Å². The van der Waals surface area contributed by atoms with Gasteiger partial charge in [0.05, 0.1) is 12.1 Å². The van der Waals surface area contributed by atoms with Crippen molar-refractivity contribution < 1.29 is 9.90 Å². The van der Waals surface area contributed by atoms with Crippen molar-refractivity contribution in [2.24, 2.45) is 0 Å². The van der Waals surface area contributed by atoms with Gasteiger partial charge in [-0.05, 0) is 25.0 Å². The van der Waals surface area contributed by atoms with E-state index in [9.17, 15) is 9.90 Å². The minimum atomic E-state index is -1.03. The maximum absolute atomic E-state index is 11.2. The summed E-state index contributed by atoms with van der Waals surface area (Å²) >= 11 is 0. The number of nitrogens with two attached hydrogens (primary N) is 1. The standard InChI is InChI=1S/C13H16N4O2/c14-8-4-5-17-10(6-8)12(13(18)19)16-11(17)7-15-9-2-1-3-9/h4-6,9,15H,1-3,7,14H2,(H,18,19). The molecule has 0 spiro atoms. The molecule has 6 nitrogen and oxygen atoms in total. The van der Waals surface area contributed by atoms with Crippen LogP contribution in [-0.2, 0) is 6.54 Å². The highest BCUT2D eigenvalue weighted by atomic mass is 16.4. The zero-order valence-electron chi connectivity index (χ0n) is 10.5. The molecule has 0 aliphatic heterocycles. The van der Waals surface area contributed by atoms with E-state index < -0.39 is 5.97 Å². The minimum Gasteiger partial charge on any atom is -0.476 e. The van der Waals surface area contributed by atoms with Crippen LogP contribution < -0.4 is 11.1 Å². The second-order valence-electron chi connectivity index (χ2n) is 4.91. The van der Waals surface area contributed by atoms with Gasteiger partial charge in [0.2, 0.25) is 0 Å². The molecule has 1 fully saturated rings. The molecule has 0 bridgehead atoms.